The zero-order valence-electron chi connectivity index (χ0n) is 12.7. The van der Waals surface area contributed by atoms with Gasteiger partial charge in [0.1, 0.15) is 0 Å². The number of rotatable bonds is 2. The fourth-order valence-corrected chi connectivity index (χ4v) is 3.40. The molecule has 112 valence electrons. The molecule has 1 aliphatic heterocycles. The van der Waals surface area contributed by atoms with Gasteiger partial charge in [-0.2, -0.15) is 0 Å². The second kappa shape index (κ2) is 5.98. The highest BCUT2D eigenvalue weighted by atomic mass is 16.5. The molecule has 0 bridgehead atoms. The molecule has 1 fully saturated rings. The molecule has 1 unspecified atom stereocenters. The molecular weight excluding hydrogens is 270 g/mol. The van der Waals surface area contributed by atoms with Gasteiger partial charge in [0.05, 0.1) is 13.2 Å². The van der Waals surface area contributed by atoms with E-state index in [0.29, 0.717) is 5.92 Å². The molecule has 0 radical (unpaired) electrons. The van der Waals surface area contributed by atoms with E-state index in [9.17, 15) is 0 Å². The zero-order valence-corrected chi connectivity index (χ0v) is 12.7. The molecule has 0 saturated carbocycles. The van der Waals surface area contributed by atoms with E-state index >= 15 is 0 Å². The molecule has 1 atom stereocenters. The van der Waals surface area contributed by atoms with Gasteiger partial charge in [0.15, 0.2) is 0 Å². The van der Waals surface area contributed by atoms with E-state index in [4.69, 9.17) is 4.74 Å². The van der Waals surface area contributed by atoms with Crippen molar-refractivity contribution >= 4 is 11.8 Å². The highest BCUT2D eigenvalue weighted by Gasteiger charge is 2.18. The van der Waals surface area contributed by atoms with Gasteiger partial charge in [-0.15, -0.1) is 0 Å². The highest BCUT2D eigenvalue weighted by Crippen LogP contribution is 2.32. The maximum atomic E-state index is 5.46. The average Bonchev–Trinajstić information content (AvgIpc) is 2.62. The molecule has 22 heavy (non-hydrogen) atoms. The van der Waals surface area contributed by atoms with Gasteiger partial charge in [0.25, 0.3) is 0 Å². The van der Waals surface area contributed by atoms with E-state index in [1.54, 1.807) is 0 Å². The van der Waals surface area contributed by atoms with Crippen molar-refractivity contribution in [3.63, 3.8) is 0 Å². The molecule has 1 heterocycles. The molecule has 0 amide bonds. The summed E-state index contributed by atoms with van der Waals surface area (Å²) in [6.45, 7) is 3.67. The summed E-state index contributed by atoms with van der Waals surface area (Å²) >= 11 is 0. The van der Waals surface area contributed by atoms with Gasteiger partial charge in [-0.3, -0.25) is 0 Å². The summed E-state index contributed by atoms with van der Waals surface area (Å²) in [6.07, 6.45) is 5.71. The van der Waals surface area contributed by atoms with Crippen LogP contribution in [0.4, 0.5) is 5.69 Å². The van der Waals surface area contributed by atoms with Crippen LogP contribution in [-0.4, -0.2) is 26.3 Å². The Morgan fingerprint density at radius 2 is 1.77 bits per heavy atom. The summed E-state index contributed by atoms with van der Waals surface area (Å²) in [5.74, 6) is 0.494. The van der Waals surface area contributed by atoms with Gasteiger partial charge < -0.3 is 9.64 Å². The molecule has 2 nitrogen and oxygen atoms in total. The van der Waals surface area contributed by atoms with Crippen molar-refractivity contribution in [3.8, 4) is 0 Å². The lowest BCUT2D eigenvalue weighted by molar-refractivity contribution is 0.122. The molecular formula is C20H21NO. The molecule has 1 aliphatic carbocycles. The van der Waals surface area contributed by atoms with Crippen LogP contribution in [0.3, 0.4) is 0 Å². The number of hydrogen-bond donors (Lipinski definition) is 0. The fourth-order valence-electron chi connectivity index (χ4n) is 3.40. The normalized spacial score (nSPS) is 20.7. The topological polar surface area (TPSA) is 12.5 Å². The molecule has 2 aromatic carbocycles. The van der Waals surface area contributed by atoms with Crippen molar-refractivity contribution in [2.45, 2.75) is 12.3 Å². The lowest BCUT2D eigenvalue weighted by atomic mass is 9.85. The Labute approximate surface area is 132 Å². The second-order valence-electron chi connectivity index (χ2n) is 6.06. The Hall–Kier alpha value is -2.06. The Kier molecular flexibility index (Phi) is 3.69. The van der Waals surface area contributed by atoms with Crippen LogP contribution in [0.15, 0.2) is 54.6 Å². The number of fused-ring (bicyclic) bond motifs is 1. The van der Waals surface area contributed by atoms with E-state index in [1.807, 2.05) is 0 Å². The monoisotopic (exact) mass is 291 g/mol. The summed E-state index contributed by atoms with van der Waals surface area (Å²) in [5, 5.41) is 0. The van der Waals surface area contributed by atoms with Crippen molar-refractivity contribution < 1.29 is 4.74 Å². The highest BCUT2D eigenvalue weighted by molar-refractivity contribution is 5.64. The first kappa shape index (κ1) is 13.6. The number of nitrogens with zero attached hydrogens (tertiary/aromatic N) is 1. The van der Waals surface area contributed by atoms with Crippen LogP contribution in [0.5, 0.6) is 0 Å². The van der Waals surface area contributed by atoms with E-state index in [1.165, 1.54) is 22.4 Å². The zero-order chi connectivity index (χ0) is 14.8. The largest absolute Gasteiger partial charge is 0.378 e. The maximum Gasteiger partial charge on any atom is 0.0642 e. The maximum absolute atomic E-state index is 5.46. The van der Waals surface area contributed by atoms with Crippen LogP contribution in [-0.2, 0) is 11.2 Å². The minimum atomic E-state index is 0.494. The number of morpholine rings is 1. The van der Waals surface area contributed by atoms with Crippen molar-refractivity contribution in [2.75, 3.05) is 31.2 Å². The summed E-state index contributed by atoms with van der Waals surface area (Å²) in [5.41, 5.74) is 5.56. The van der Waals surface area contributed by atoms with Crippen molar-refractivity contribution in [1.29, 1.82) is 0 Å². The Morgan fingerprint density at radius 1 is 0.955 bits per heavy atom. The Balaban J connectivity index is 1.60. The van der Waals surface area contributed by atoms with Crippen LogP contribution >= 0.6 is 0 Å². The minimum absolute atomic E-state index is 0.494. The molecule has 1 saturated heterocycles. The van der Waals surface area contributed by atoms with Gasteiger partial charge in [-0.1, -0.05) is 48.6 Å². The summed E-state index contributed by atoms with van der Waals surface area (Å²) in [6, 6.07) is 17.7. The minimum Gasteiger partial charge on any atom is -0.378 e. The summed E-state index contributed by atoms with van der Waals surface area (Å²) in [4.78, 5) is 2.43. The Morgan fingerprint density at radius 3 is 2.59 bits per heavy atom. The smallest absolute Gasteiger partial charge is 0.0642 e. The molecule has 0 aromatic heterocycles. The Bertz CT molecular complexity index is 671. The van der Waals surface area contributed by atoms with Crippen molar-refractivity contribution in [3.05, 3.63) is 71.3 Å². The predicted molar refractivity (Wildman–Crippen MR) is 91.4 cm³/mol. The van der Waals surface area contributed by atoms with Crippen LogP contribution in [0.2, 0.25) is 0 Å². The molecule has 0 spiro atoms. The van der Waals surface area contributed by atoms with E-state index in [0.717, 1.165) is 32.7 Å². The third-order valence-corrected chi connectivity index (χ3v) is 4.68. The lowest BCUT2D eigenvalue weighted by Crippen LogP contribution is -2.36. The van der Waals surface area contributed by atoms with E-state index < -0.39 is 0 Å². The number of benzene rings is 2. The molecule has 2 aromatic rings. The first-order chi connectivity index (χ1) is 10.9. The number of ether oxygens (including phenoxy) is 1. The fraction of sp³-hybridized carbons (Fsp3) is 0.300. The lowest BCUT2D eigenvalue weighted by Gasteiger charge is -2.30. The number of anilines is 1. The van der Waals surface area contributed by atoms with Gasteiger partial charge in [-0.05, 0) is 35.2 Å². The van der Waals surface area contributed by atoms with Crippen LogP contribution < -0.4 is 4.90 Å². The first-order valence-electron chi connectivity index (χ1n) is 8.09. The van der Waals surface area contributed by atoms with E-state index in [-0.39, 0.29) is 0 Å². The molecule has 0 N–H and O–H groups in total. The van der Waals surface area contributed by atoms with Crippen LogP contribution in [0.1, 0.15) is 22.6 Å². The SMILES string of the molecule is C1=CC(c2ccccc2)Cc2cc(N3CCOCC3)ccc21. The summed E-state index contributed by atoms with van der Waals surface area (Å²) in [7, 11) is 0. The average molecular weight is 291 g/mol. The first-order valence-corrected chi connectivity index (χ1v) is 8.09. The van der Waals surface area contributed by atoms with Gasteiger partial charge >= 0.3 is 0 Å². The predicted octanol–water partition coefficient (Wildman–Crippen LogP) is 3.88. The van der Waals surface area contributed by atoms with E-state index in [2.05, 4.69) is 65.6 Å². The second-order valence-corrected chi connectivity index (χ2v) is 6.06. The third kappa shape index (κ3) is 2.67. The number of allylic oxidation sites excluding steroid dienone is 1. The van der Waals surface area contributed by atoms with Crippen LogP contribution in [0.25, 0.3) is 6.08 Å². The van der Waals surface area contributed by atoms with Crippen molar-refractivity contribution in [1.82, 2.24) is 0 Å². The number of hydrogen-bond acceptors (Lipinski definition) is 2. The molecule has 4 rings (SSSR count). The quantitative estimate of drug-likeness (QED) is 0.832. The molecule has 2 aliphatic rings. The molecule has 2 heteroatoms. The standard InChI is InChI=1S/C20H21NO/c1-2-4-16(5-3-1)18-7-6-17-8-9-20(15-19(17)14-18)21-10-12-22-13-11-21/h1-9,15,18H,10-14H2. The summed E-state index contributed by atoms with van der Waals surface area (Å²) < 4.78 is 5.46. The van der Waals surface area contributed by atoms with Gasteiger partial charge in [0.2, 0.25) is 0 Å². The van der Waals surface area contributed by atoms with Crippen LogP contribution in [0, 0.1) is 0 Å². The van der Waals surface area contributed by atoms with Gasteiger partial charge in [-0.25, -0.2) is 0 Å². The van der Waals surface area contributed by atoms with Crippen molar-refractivity contribution in [2.24, 2.45) is 0 Å². The third-order valence-electron chi connectivity index (χ3n) is 4.68. The van der Waals surface area contributed by atoms with Gasteiger partial charge in [0, 0.05) is 24.7 Å².